The molecule has 1 aromatic heterocycles. The standard InChI is InChI=1S/C22H20FN3O/c1-22(2)11-17-19(18(27)12-22)20(13-7-9-14(23)10-8-13)26-21(24-17)15-5-3-4-6-16(15)25-26/h3-10,20,24H,11-12H2,1-2H3. The van der Waals surface area contributed by atoms with Gasteiger partial charge >= 0.3 is 0 Å². The van der Waals surface area contributed by atoms with Gasteiger partial charge in [0.15, 0.2) is 5.78 Å². The van der Waals surface area contributed by atoms with Crippen molar-refractivity contribution in [3.05, 3.63) is 71.2 Å². The van der Waals surface area contributed by atoms with E-state index in [2.05, 4.69) is 19.2 Å². The number of Topliss-reactive ketones (excluding diaryl/α,β-unsaturated/α-hetero) is 1. The number of allylic oxidation sites excluding steroid dienone is 2. The van der Waals surface area contributed by atoms with Crippen LogP contribution in [0, 0.1) is 11.2 Å². The molecule has 4 nitrogen and oxygen atoms in total. The number of carbonyl (C=O) groups excluding carboxylic acids is 1. The minimum atomic E-state index is -0.340. The molecule has 0 bridgehead atoms. The Balaban J connectivity index is 1.78. The van der Waals surface area contributed by atoms with Crippen LogP contribution in [0.3, 0.4) is 0 Å². The Bertz CT molecular complexity index is 1110. The van der Waals surface area contributed by atoms with Crippen molar-refractivity contribution in [1.29, 1.82) is 0 Å². The van der Waals surface area contributed by atoms with Gasteiger partial charge in [0, 0.05) is 23.1 Å². The molecule has 0 spiro atoms. The van der Waals surface area contributed by atoms with E-state index in [1.54, 1.807) is 12.1 Å². The lowest BCUT2D eigenvalue weighted by Gasteiger charge is -2.38. The molecule has 0 amide bonds. The van der Waals surface area contributed by atoms with Gasteiger partial charge in [0.2, 0.25) is 0 Å². The Morgan fingerprint density at radius 3 is 2.63 bits per heavy atom. The van der Waals surface area contributed by atoms with Crippen molar-refractivity contribution in [3.8, 4) is 0 Å². The zero-order chi connectivity index (χ0) is 18.8. The third-order valence-corrected chi connectivity index (χ3v) is 5.50. The van der Waals surface area contributed by atoms with Crippen LogP contribution in [0.1, 0.15) is 38.3 Å². The normalized spacial score (nSPS) is 21.0. The maximum Gasteiger partial charge on any atom is 0.163 e. The monoisotopic (exact) mass is 361 g/mol. The molecule has 1 atom stereocenters. The molecule has 1 N–H and O–H groups in total. The summed E-state index contributed by atoms with van der Waals surface area (Å²) in [5, 5.41) is 9.29. The second kappa shape index (κ2) is 5.52. The number of nitrogens with zero attached hydrogens (tertiary/aromatic N) is 2. The first-order valence-corrected chi connectivity index (χ1v) is 9.19. The van der Waals surface area contributed by atoms with Crippen molar-refractivity contribution < 1.29 is 9.18 Å². The summed E-state index contributed by atoms with van der Waals surface area (Å²) in [5.41, 5.74) is 3.37. The zero-order valence-corrected chi connectivity index (χ0v) is 15.3. The number of carbonyl (C=O) groups is 1. The zero-order valence-electron chi connectivity index (χ0n) is 15.3. The van der Waals surface area contributed by atoms with Gasteiger partial charge in [-0.2, -0.15) is 5.10 Å². The lowest BCUT2D eigenvalue weighted by atomic mass is 9.73. The van der Waals surface area contributed by atoms with E-state index in [1.165, 1.54) is 12.1 Å². The van der Waals surface area contributed by atoms with Crippen LogP contribution in [0.4, 0.5) is 10.2 Å². The first kappa shape index (κ1) is 16.2. The Labute approximate surface area is 156 Å². The molecule has 3 aromatic rings. The highest BCUT2D eigenvalue weighted by molar-refractivity contribution is 6.02. The molecular formula is C22H20FN3O. The number of hydrogen-bond donors (Lipinski definition) is 1. The lowest BCUT2D eigenvalue weighted by Crippen LogP contribution is -2.36. The van der Waals surface area contributed by atoms with E-state index >= 15 is 0 Å². The van der Waals surface area contributed by atoms with Gasteiger partial charge in [0.25, 0.3) is 0 Å². The summed E-state index contributed by atoms with van der Waals surface area (Å²) in [5.74, 6) is 0.737. The molecule has 136 valence electrons. The highest BCUT2D eigenvalue weighted by atomic mass is 19.1. The first-order valence-electron chi connectivity index (χ1n) is 9.19. The average Bonchev–Trinajstić information content (AvgIpc) is 2.98. The average molecular weight is 361 g/mol. The number of nitrogens with one attached hydrogen (secondary N) is 1. The number of benzene rings is 2. The third-order valence-electron chi connectivity index (χ3n) is 5.50. The molecule has 1 aliphatic carbocycles. The molecule has 27 heavy (non-hydrogen) atoms. The number of ketones is 1. The Hall–Kier alpha value is -2.95. The maximum absolute atomic E-state index is 13.5. The molecule has 1 unspecified atom stereocenters. The molecule has 0 fully saturated rings. The molecule has 5 rings (SSSR count). The highest BCUT2D eigenvalue weighted by Gasteiger charge is 2.41. The Morgan fingerprint density at radius 1 is 1.11 bits per heavy atom. The fourth-order valence-electron chi connectivity index (χ4n) is 4.34. The Morgan fingerprint density at radius 2 is 1.85 bits per heavy atom. The topological polar surface area (TPSA) is 46.9 Å². The summed E-state index contributed by atoms with van der Waals surface area (Å²) in [6.07, 6.45) is 1.30. The number of anilines is 1. The predicted molar refractivity (Wildman–Crippen MR) is 103 cm³/mol. The number of hydrogen-bond acceptors (Lipinski definition) is 3. The maximum atomic E-state index is 13.5. The van der Waals surface area contributed by atoms with Crippen LogP contribution < -0.4 is 5.32 Å². The fourth-order valence-corrected chi connectivity index (χ4v) is 4.34. The quantitative estimate of drug-likeness (QED) is 0.675. The van der Waals surface area contributed by atoms with Crippen molar-refractivity contribution in [2.24, 2.45) is 5.41 Å². The van der Waals surface area contributed by atoms with Gasteiger partial charge in [-0.15, -0.1) is 0 Å². The molecule has 2 aliphatic rings. The van der Waals surface area contributed by atoms with Gasteiger partial charge in [-0.05, 0) is 41.7 Å². The van der Waals surface area contributed by atoms with Crippen LogP contribution in [-0.2, 0) is 4.79 Å². The van der Waals surface area contributed by atoms with Crippen molar-refractivity contribution >= 4 is 22.5 Å². The van der Waals surface area contributed by atoms with Crippen LogP contribution in [0.2, 0.25) is 0 Å². The Kier molecular flexibility index (Phi) is 3.32. The van der Waals surface area contributed by atoms with E-state index in [-0.39, 0.29) is 23.1 Å². The van der Waals surface area contributed by atoms with Gasteiger partial charge < -0.3 is 5.32 Å². The van der Waals surface area contributed by atoms with E-state index in [9.17, 15) is 9.18 Å². The van der Waals surface area contributed by atoms with E-state index in [1.807, 2.05) is 28.9 Å². The largest absolute Gasteiger partial charge is 0.343 e. The van der Waals surface area contributed by atoms with Gasteiger partial charge in [-0.3, -0.25) is 4.79 Å². The molecular weight excluding hydrogens is 341 g/mol. The van der Waals surface area contributed by atoms with Crippen molar-refractivity contribution in [2.45, 2.75) is 32.7 Å². The second-order valence-corrected chi connectivity index (χ2v) is 8.22. The number of halogens is 1. The van der Waals surface area contributed by atoms with Crippen molar-refractivity contribution in [2.75, 3.05) is 5.32 Å². The molecule has 2 aromatic carbocycles. The third kappa shape index (κ3) is 2.49. The van der Waals surface area contributed by atoms with E-state index in [0.29, 0.717) is 6.42 Å². The molecule has 2 heterocycles. The van der Waals surface area contributed by atoms with Crippen LogP contribution in [0.25, 0.3) is 10.9 Å². The smallest absolute Gasteiger partial charge is 0.163 e. The van der Waals surface area contributed by atoms with E-state index < -0.39 is 0 Å². The molecule has 1 aliphatic heterocycles. The van der Waals surface area contributed by atoms with Crippen molar-refractivity contribution in [1.82, 2.24) is 9.78 Å². The molecule has 0 radical (unpaired) electrons. The predicted octanol–water partition coefficient (Wildman–Crippen LogP) is 4.83. The lowest BCUT2D eigenvalue weighted by molar-refractivity contribution is -0.118. The number of rotatable bonds is 1. The summed E-state index contributed by atoms with van der Waals surface area (Å²) < 4.78 is 15.4. The first-order chi connectivity index (χ1) is 12.9. The number of aromatic nitrogens is 2. The second-order valence-electron chi connectivity index (χ2n) is 8.22. The molecule has 0 saturated carbocycles. The van der Waals surface area contributed by atoms with Crippen LogP contribution in [0.5, 0.6) is 0 Å². The van der Waals surface area contributed by atoms with Gasteiger partial charge in [-0.1, -0.05) is 38.1 Å². The minimum absolute atomic E-state index is 0.0890. The minimum Gasteiger partial charge on any atom is -0.343 e. The van der Waals surface area contributed by atoms with Gasteiger partial charge in [0.05, 0.1) is 5.52 Å². The summed E-state index contributed by atoms with van der Waals surface area (Å²) >= 11 is 0. The van der Waals surface area contributed by atoms with Crippen LogP contribution in [0.15, 0.2) is 59.8 Å². The van der Waals surface area contributed by atoms with E-state index in [0.717, 1.165) is 40.0 Å². The summed E-state index contributed by atoms with van der Waals surface area (Å²) in [7, 11) is 0. The van der Waals surface area contributed by atoms with Gasteiger partial charge in [-0.25, -0.2) is 9.07 Å². The van der Waals surface area contributed by atoms with Gasteiger partial charge in [0.1, 0.15) is 17.7 Å². The highest BCUT2D eigenvalue weighted by Crippen LogP contribution is 2.47. The van der Waals surface area contributed by atoms with Crippen LogP contribution in [-0.4, -0.2) is 15.6 Å². The number of fused-ring (bicyclic) bond motifs is 3. The summed E-state index contributed by atoms with van der Waals surface area (Å²) in [6.45, 7) is 4.24. The van der Waals surface area contributed by atoms with Crippen molar-refractivity contribution in [3.63, 3.8) is 0 Å². The molecule has 5 heteroatoms. The molecule has 0 saturated heterocycles. The van der Waals surface area contributed by atoms with E-state index in [4.69, 9.17) is 5.10 Å². The SMILES string of the molecule is CC1(C)CC(=O)C2=C(C1)Nc1c3ccccc3nn1C2c1ccc(F)cc1. The summed E-state index contributed by atoms with van der Waals surface area (Å²) in [4.78, 5) is 13.1. The summed E-state index contributed by atoms with van der Waals surface area (Å²) in [6, 6.07) is 14.0. The fraction of sp³-hybridized carbons (Fsp3) is 0.273. The van der Waals surface area contributed by atoms with Crippen LogP contribution >= 0.6 is 0 Å².